The molecule has 15 heteroatoms. The Labute approximate surface area is 192 Å². The molecule has 0 unspecified atom stereocenters. The highest BCUT2D eigenvalue weighted by atomic mass is 32.2. The first-order chi connectivity index (χ1) is 15.4. The molecular weight excluding hydrogens is 485 g/mol. The first-order valence-electron chi connectivity index (χ1n) is 9.83. The third kappa shape index (κ3) is 5.82. The zero-order valence-electron chi connectivity index (χ0n) is 17.8. The molecule has 3 aliphatic rings. The molecule has 0 N–H and O–H groups in total. The van der Waals surface area contributed by atoms with Crippen molar-refractivity contribution >= 4 is 38.4 Å². The first kappa shape index (κ1) is 25.0. The average Bonchev–Trinajstić information content (AvgIpc) is 3.19. The normalized spacial score (nSPS) is 24.5. The highest BCUT2D eigenvalue weighted by Crippen LogP contribution is 2.32. The minimum absolute atomic E-state index is 0.0664. The molecule has 1 saturated heterocycles. The molecule has 0 atom stereocenters. The topological polar surface area (TPSA) is 131 Å². The summed E-state index contributed by atoms with van der Waals surface area (Å²) in [6.45, 7) is 6.46. The van der Waals surface area contributed by atoms with Gasteiger partial charge in [0.1, 0.15) is 16.5 Å². The van der Waals surface area contributed by atoms with Gasteiger partial charge in [0, 0.05) is 18.8 Å². The Morgan fingerprint density at radius 1 is 1.27 bits per heavy atom. The van der Waals surface area contributed by atoms with Gasteiger partial charge in [-0.05, 0) is 55.4 Å². The number of sulfonamides is 1. The number of azo groups is 1. The van der Waals surface area contributed by atoms with Crippen LogP contribution < -0.4 is 5.11 Å². The molecule has 0 bridgehead atoms. The van der Waals surface area contributed by atoms with E-state index in [-0.39, 0.29) is 22.0 Å². The number of likely N-dealkylation sites (N-methyl/N-ethyl adjacent to an activating group) is 1. The summed E-state index contributed by atoms with van der Waals surface area (Å²) in [5.41, 5.74) is -4.88. The van der Waals surface area contributed by atoms with Crippen LogP contribution in [0, 0.1) is 0 Å². The van der Waals surface area contributed by atoms with Gasteiger partial charge in [-0.25, -0.2) is 0 Å². The van der Waals surface area contributed by atoms with Crippen LogP contribution in [0.25, 0.3) is 0 Å². The number of hydrogen-bond acceptors (Lipinski definition) is 9. The minimum atomic E-state index is -5.81. The summed E-state index contributed by atoms with van der Waals surface area (Å²) < 4.78 is 70.2. The highest BCUT2D eigenvalue weighted by Gasteiger charge is 2.46. The molecule has 0 aromatic heterocycles. The predicted molar refractivity (Wildman–Crippen MR) is 116 cm³/mol. The Balaban J connectivity index is 1.99. The Morgan fingerprint density at radius 2 is 2.00 bits per heavy atom. The molecule has 1 aliphatic carbocycles. The SMILES string of the molecule is CCN1CCCC2=CC(=N\N=C3N=N/C(=C(/[O-])OC(C)C)S/3)/C(=N\S(=O)(=O)C(F)(F)F)C=C21. The molecule has 0 aromatic carbocycles. The van der Waals surface area contributed by atoms with Crippen LogP contribution >= 0.6 is 11.8 Å². The second-order valence-electron chi connectivity index (χ2n) is 7.21. The maximum absolute atomic E-state index is 12.9. The van der Waals surface area contributed by atoms with Crippen LogP contribution in [-0.4, -0.2) is 54.6 Å². The number of halogens is 3. The van der Waals surface area contributed by atoms with Gasteiger partial charge in [0.25, 0.3) is 0 Å². The van der Waals surface area contributed by atoms with E-state index >= 15 is 0 Å². The Morgan fingerprint density at radius 3 is 2.64 bits per heavy atom. The number of piperidine rings is 1. The number of likely N-dealkylation sites (tertiary alicyclic amines) is 1. The van der Waals surface area contributed by atoms with Crippen molar-refractivity contribution in [1.82, 2.24) is 4.90 Å². The highest BCUT2D eigenvalue weighted by molar-refractivity contribution is 8.17. The van der Waals surface area contributed by atoms with Crippen molar-refractivity contribution < 1.29 is 31.4 Å². The third-order valence-electron chi connectivity index (χ3n) is 4.46. The lowest BCUT2D eigenvalue weighted by Gasteiger charge is -2.34. The van der Waals surface area contributed by atoms with E-state index in [4.69, 9.17) is 4.74 Å². The lowest BCUT2D eigenvalue weighted by Crippen LogP contribution is -2.33. The fourth-order valence-electron chi connectivity index (χ4n) is 3.05. The largest absolute Gasteiger partial charge is 0.609 e. The molecule has 2 heterocycles. The minimum Gasteiger partial charge on any atom is -0.609 e. The van der Waals surface area contributed by atoms with Crippen molar-refractivity contribution in [2.45, 2.75) is 45.2 Å². The Hall–Kier alpha value is -2.68. The molecular formula is C18H20F3N6O4S2-. The zero-order valence-corrected chi connectivity index (χ0v) is 19.5. The molecule has 0 spiro atoms. The maximum Gasteiger partial charge on any atom is 0.518 e. The number of nitrogens with zero attached hydrogens (tertiary/aromatic N) is 6. The molecule has 10 nitrogen and oxygen atoms in total. The van der Waals surface area contributed by atoms with Crippen LogP contribution in [0.3, 0.4) is 0 Å². The van der Waals surface area contributed by atoms with Crippen LogP contribution in [0.1, 0.15) is 33.6 Å². The smallest absolute Gasteiger partial charge is 0.518 e. The van der Waals surface area contributed by atoms with Crippen LogP contribution in [0.2, 0.25) is 0 Å². The summed E-state index contributed by atoms with van der Waals surface area (Å²) in [7, 11) is -5.81. The monoisotopic (exact) mass is 505 g/mol. The standard InChI is InChI=1S/C18H21F3N6O4S2/c1-4-27-7-5-6-11-8-12(13(9-14(11)27)26-33(29,30)18(19,20)21)22-24-17-25-23-15(32-17)16(28)31-10(2)3/h8-10,28H,4-7H2,1-3H3/p-1/b16-15+,22-12+,24-17+,26-13-. The van der Waals surface area contributed by atoms with E-state index in [1.807, 2.05) is 11.8 Å². The van der Waals surface area contributed by atoms with Gasteiger partial charge in [-0.3, -0.25) is 0 Å². The molecule has 1 fully saturated rings. The molecule has 3 rings (SSSR count). The van der Waals surface area contributed by atoms with Crippen molar-refractivity contribution in [2.24, 2.45) is 24.8 Å². The Kier molecular flexibility index (Phi) is 7.31. The molecule has 180 valence electrons. The van der Waals surface area contributed by atoms with E-state index in [1.54, 1.807) is 13.8 Å². The summed E-state index contributed by atoms with van der Waals surface area (Å²) in [5, 5.41) is 26.8. The van der Waals surface area contributed by atoms with Crippen LogP contribution in [0.4, 0.5) is 13.2 Å². The number of allylic oxidation sites excluding steroid dienone is 3. The van der Waals surface area contributed by atoms with E-state index < -0.39 is 27.2 Å². The molecule has 0 radical (unpaired) electrons. The predicted octanol–water partition coefficient (Wildman–Crippen LogP) is 3.04. The van der Waals surface area contributed by atoms with Crippen molar-refractivity contribution in [3.8, 4) is 0 Å². The van der Waals surface area contributed by atoms with Crippen LogP contribution in [0.15, 0.2) is 59.2 Å². The first-order valence-corrected chi connectivity index (χ1v) is 12.1. The van der Waals surface area contributed by atoms with Crippen molar-refractivity contribution in [1.29, 1.82) is 0 Å². The summed E-state index contributed by atoms with van der Waals surface area (Å²) in [5.74, 6) is -0.704. The van der Waals surface area contributed by atoms with Crippen molar-refractivity contribution in [2.75, 3.05) is 13.1 Å². The van der Waals surface area contributed by atoms with E-state index in [2.05, 4.69) is 24.8 Å². The van der Waals surface area contributed by atoms with Gasteiger partial charge in [0.05, 0.1) is 5.95 Å². The number of rotatable bonds is 5. The fourth-order valence-corrected chi connectivity index (χ4v) is 4.10. The van der Waals surface area contributed by atoms with Gasteiger partial charge in [0.2, 0.25) is 5.17 Å². The van der Waals surface area contributed by atoms with Gasteiger partial charge >= 0.3 is 15.5 Å². The van der Waals surface area contributed by atoms with E-state index in [9.17, 15) is 26.7 Å². The number of fused-ring (bicyclic) bond motifs is 1. The van der Waals surface area contributed by atoms with Gasteiger partial charge in [-0.2, -0.15) is 26.0 Å². The second kappa shape index (κ2) is 9.67. The lowest BCUT2D eigenvalue weighted by molar-refractivity contribution is -0.362. The molecule has 2 aliphatic heterocycles. The summed E-state index contributed by atoms with van der Waals surface area (Å²) in [6.07, 6.45) is 3.79. The van der Waals surface area contributed by atoms with Gasteiger partial charge in [0.15, 0.2) is 0 Å². The average molecular weight is 506 g/mol. The third-order valence-corrected chi connectivity index (χ3v) is 6.27. The summed E-state index contributed by atoms with van der Waals surface area (Å²) in [4.78, 5) is 1.91. The van der Waals surface area contributed by atoms with E-state index in [0.717, 1.165) is 23.8 Å². The van der Waals surface area contributed by atoms with Crippen molar-refractivity contribution in [3.05, 3.63) is 34.4 Å². The number of alkyl halides is 3. The molecule has 0 aromatic rings. The maximum atomic E-state index is 12.9. The number of ether oxygens (including phenoxy) is 1. The van der Waals surface area contributed by atoms with Crippen LogP contribution in [0.5, 0.6) is 0 Å². The van der Waals surface area contributed by atoms with Gasteiger partial charge in [-0.15, -0.1) is 20.4 Å². The zero-order chi connectivity index (χ0) is 24.4. The van der Waals surface area contributed by atoms with Gasteiger partial charge < -0.3 is 14.7 Å². The number of amidine groups is 1. The van der Waals surface area contributed by atoms with E-state index in [1.165, 1.54) is 12.2 Å². The summed E-state index contributed by atoms with van der Waals surface area (Å²) >= 11 is 0.764. The van der Waals surface area contributed by atoms with Crippen molar-refractivity contribution in [3.63, 3.8) is 0 Å². The fraction of sp³-hybridized carbons (Fsp3) is 0.500. The number of thioether (sulfide) groups is 1. The Bertz CT molecular complexity index is 1130. The molecule has 0 saturated carbocycles. The molecule has 33 heavy (non-hydrogen) atoms. The lowest BCUT2D eigenvalue weighted by atomic mass is 9.92. The second-order valence-corrected chi connectivity index (χ2v) is 9.76. The van der Waals surface area contributed by atoms with Crippen LogP contribution in [-0.2, 0) is 14.8 Å². The number of hydrogen-bond donors (Lipinski definition) is 0. The molecule has 0 amide bonds. The summed E-state index contributed by atoms with van der Waals surface area (Å²) in [6, 6.07) is 0. The van der Waals surface area contributed by atoms with E-state index in [0.29, 0.717) is 25.2 Å². The quantitative estimate of drug-likeness (QED) is 0.321. The van der Waals surface area contributed by atoms with Gasteiger partial charge in [-0.1, -0.05) is 13.8 Å².